The number of rotatable bonds is 4. The van der Waals surface area contributed by atoms with Crippen LogP contribution in [0.5, 0.6) is 0 Å². The number of nitrogens with zero attached hydrogens (tertiary/aromatic N) is 3. The molecule has 2 amide bonds. The van der Waals surface area contributed by atoms with Gasteiger partial charge in [-0.15, -0.1) is 16.6 Å². The zero-order chi connectivity index (χ0) is 20.8. The summed E-state index contributed by atoms with van der Waals surface area (Å²) in [4.78, 5) is 32.0. The predicted molar refractivity (Wildman–Crippen MR) is 107 cm³/mol. The lowest BCUT2D eigenvalue weighted by atomic mass is 10.2. The van der Waals surface area contributed by atoms with E-state index in [-0.39, 0.29) is 5.96 Å². The molecule has 1 aliphatic rings. The van der Waals surface area contributed by atoms with Gasteiger partial charge in [0, 0.05) is 18.6 Å². The summed E-state index contributed by atoms with van der Waals surface area (Å²) in [7, 11) is 1.76. The normalized spacial score (nSPS) is 18.4. The first-order valence-corrected chi connectivity index (χ1v) is 9.68. The molecule has 1 heterocycles. The fourth-order valence-corrected chi connectivity index (χ4v) is 2.54. The largest absolute Gasteiger partial charge is 0.443 e. The van der Waals surface area contributed by atoms with E-state index in [2.05, 4.69) is 4.99 Å². The van der Waals surface area contributed by atoms with Crippen molar-refractivity contribution in [2.45, 2.75) is 72.0 Å². The van der Waals surface area contributed by atoms with Crippen LogP contribution in [0.3, 0.4) is 0 Å². The number of allylic oxidation sites excluding steroid dienone is 1. The Bertz CT molecular complexity index is 603. The molecule has 8 heteroatoms. The van der Waals surface area contributed by atoms with Crippen LogP contribution in [-0.4, -0.2) is 58.6 Å². The molecule has 0 radical (unpaired) electrons. The monoisotopic (exact) mass is 401 g/mol. The lowest BCUT2D eigenvalue weighted by Crippen LogP contribution is -2.40. The van der Waals surface area contributed by atoms with Crippen molar-refractivity contribution < 1.29 is 19.1 Å². The van der Waals surface area contributed by atoms with Crippen LogP contribution in [0.15, 0.2) is 16.8 Å². The minimum atomic E-state index is -0.749. The van der Waals surface area contributed by atoms with Crippen LogP contribution < -0.4 is 0 Å². The number of ether oxygens (including phenoxy) is 2. The molecule has 0 saturated carbocycles. The number of hydrogen-bond acceptors (Lipinski definition) is 4. The van der Waals surface area contributed by atoms with Crippen LogP contribution in [0.2, 0.25) is 0 Å². The van der Waals surface area contributed by atoms with E-state index in [0.29, 0.717) is 12.4 Å². The fourth-order valence-electron chi connectivity index (χ4n) is 2.36. The van der Waals surface area contributed by atoms with Gasteiger partial charge in [0.2, 0.25) is 5.96 Å². The molecular weight excluding hydrogens is 370 g/mol. The van der Waals surface area contributed by atoms with Crippen LogP contribution in [-0.2, 0) is 9.47 Å². The Morgan fingerprint density at radius 1 is 1.11 bits per heavy atom. The molecule has 0 N–H and O–H groups in total. The number of guanidine groups is 1. The Morgan fingerprint density at radius 3 is 2.22 bits per heavy atom. The maximum Gasteiger partial charge on any atom is 0.437 e. The summed E-state index contributed by atoms with van der Waals surface area (Å²) >= 11 is 5.72. The highest BCUT2D eigenvalue weighted by Crippen LogP contribution is 2.23. The van der Waals surface area contributed by atoms with Gasteiger partial charge in [-0.05, 0) is 60.8 Å². The van der Waals surface area contributed by atoms with E-state index in [1.54, 1.807) is 53.5 Å². The Balaban J connectivity index is 3.13. The molecule has 27 heavy (non-hydrogen) atoms. The SMILES string of the molecule is CN1C/C(=C/CCCCCl)N(C(=O)OC(C)(C)C)/C1=N/C(=O)OC(C)(C)C. The topological polar surface area (TPSA) is 71.4 Å². The zero-order valence-electron chi connectivity index (χ0n) is 17.5. The van der Waals surface area contributed by atoms with Gasteiger partial charge in [0.1, 0.15) is 11.2 Å². The van der Waals surface area contributed by atoms with Crippen LogP contribution >= 0.6 is 11.6 Å². The molecule has 0 bridgehead atoms. The van der Waals surface area contributed by atoms with E-state index in [4.69, 9.17) is 21.1 Å². The molecule has 0 unspecified atom stereocenters. The van der Waals surface area contributed by atoms with E-state index >= 15 is 0 Å². The van der Waals surface area contributed by atoms with Crippen LogP contribution in [0.25, 0.3) is 0 Å². The third kappa shape index (κ3) is 8.20. The molecule has 1 aliphatic heterocycles. The number of unbranched alkanes of at least 4 members (excludes halogenated alkanes) is 2. The van der Waals surface area contributed by atoms with Gasteiger partial charge in [-0.25, -0.2) is 14.5 Å². The molecule has 0 aromatic rings. The molecule has 0 aromatic heterocycles. The highest BCUT2D eigenvalue weighted by molar-refractivity contribution is 6.17. The second-order valence-corrected chi connectivity index (χ2v) is 8.82. The molecule has 0 spiro atoms. The van der Waals surface area contributed by atoms with E-state index < -0.39 is 23.4 Å². The van der Waals surface area contributed by atoms with E-state index in [0.717, 1.165) is 25.0 Å². The summed E-state index contributed by atoms with van der Waals surface area (Å²) in [5.74, 6) is 0.798. The third-order valence-electron chi connectivity index (χ3n) is 3.36. The highest BCUT2D eigenvalue weighted by Gasteiger charge is 2.37. The standard InChI is InChI=1S/C19H32ClN3O4/c1-18(2,3)26-16(24)21-15-22(7)13-14(11-9-8-10-12-20)23(15)17(25)27-19(4,5)6/h11H,8-10,12-13H2,1-7H3/b14-11-,21-15+. The Hall–Kier alpha value is -1.76. The Morgan fingerprint density at radius 2 is 1.70 bits per heavy atom. The molecule has 1 saturated heterocycles. The molecule has 7 nitrogen and oxygen atoms in total. The lowest BCUT2D eigenvalue weighted by Gasteiger charge is -2.25. The van der Waals surface area contributed by atoms with Crippen molar-refractivity contribution in [3.8, 4) is 0 Å². The number of hydrogen-bond donors (Lipinski definition) is 0. The van der Waals surface area contributed by atoms with Gasteiger partial charge in [-0.1, -0.05) is 6.08 Å². The van der Waals surface area contributed by atoms with Gasteiger partial charge >= 0.3 is 12.2 Å². The van der Waals surface area contributed by atoms with Gasteiger partial charge in [0.05, 0.1) is 6.54 Å². The van der Waals surface area contributed by atoms with Crippen LogP contribution in [0.1, 0.15) is 60.8 Å². The number of aliphatic imine (C=N–C) groups is 1. The Labute approximate surface area is 167 Å². The third-order valence-corrected chi connectivity index (χ3v) is 3.62. The lowest BCUT2D eigenvalue weighted by molar-refractivity contribution is 0.0415. The van der Waals surface area contributed by atoms with Crippen molar-refractivity contribution >= 4 is 29.7 Å². The van der Waals surface area contributed by atoms with Gasteiger partial charge < -0.3 is 14.4 Å². The molecule has 0 atom stereocenters. The average Bonchev–Trinajstić information content (AvgIpc) is 2.76. The van der Waals surface area contributed by atoms with Crippen molar-refractivity contribution in [2.75, 3.05) is 19.5 Å². The quantitative estimate of drug-likeness (QED) is 0.502. The smallest absolute Gasteiger partial charge is 0.437 e. The maximum absolute atomic E-state index is 12.8. The van der Waals surface area contributed by atoms with Crippen molar-refractivity contribution in [3.05, 3.63) is 11.8 Å². The summed E-state index contributed by atoms with van der Waals surface area (Å²) in [6, 6.07) is 0. The van der Waals surface area contributed by atoms with Gasteiger partial charge in [0.15, 0.2) is 0 Å². The van der Waals surface area contributed by atoms with E-state index in [9.17, 15) is 9.59 Å². The zero-order valence-corrected chi connectivity index (χ0v) is 18.2. The minimum Gasteiger partial charge on any atom is -0.443 e. The van der Waals surface area contributed by atoms with Gasteiger partial charge in [-0.3, -0.25) is 0 Å². The van der Waals surface area contributed by atoms with E-state index in [1.165, 1.54) is 4.90 Å². The number of carbonyl (C=O) groups is 2. The first kappa shape index (κ1) is 23.3. The second-order valence-electron chi connectivity index (χ2n) is 8.44. The molecular formula is C19H32ClN3O4. The molecule has 0 aromatic carbocycles. The number of carbonyl (C=O) groups excluding carboxylic acids is 2. The summed E-state index contributed by atoms with van der Waals surface area (Å²) in [6.45, 7) is 11.1. The molecule has 1 rings (SSSR count). The van der Waals surface area contributed by atoms with Crippen LogP contribution in [0.4, 0.5) is 9.59 Å². The maximum atomic E-state index is 12.8. The summed E-state index contributed by atoms with van der Waals surface area (Å²) < 4.78 is 10.8. The number of alkyl halides is 1. The van der Waals surface area contributed by atoms with Crippen molar-refractivity contribution in [3.63, 3.8) is 0 Å². The van der Waals surface area contributed by atoms with E-state index in [1.807, 2.05) is 6.08 Å². The fraction of sp³-hybridized carbons (Fsp3) is 0.737. The van der Waals surface area contributed by atoms with Crippen LogP contribution in [0, 0.1) is 0 Å². The first-order valence-electron chi connectivity index (χ1n) is 9.15. The summed E-state index contributed by atoms with van der Waals surface area (Å²) in [5.41, 5.74) is -0.613. The number of likely N-dealkylation sites (N-methyl/N-ethyl adjacent to an activating group) is 1. The number of amides is 2. The second kappa shape index (κ2) is 9.44. The van der Waals surface area contributed by atoms with Crippen molar-refractivity contribution in [1.29, 1.82) is 0 Å². The minimum absolute atomic E-state index is 0.196. The Kier molecular flexibility index (Phi) is 8.14. The highest BCUT2D eigenvalue weighted by atomic mass is 35.5. The summed E-state index contributed by atoms with van der Waals surface area (Å²) in [6.07, 6.45) is 3.22. The van der Waals surface area contributed by atoms with Gasteiger partial charge in [0.25, 0.3) is 0 Å². The molecule has 0 aliphatic carbocycles. The molecule has 154 valence electrons. The van der Waals surface area contributed by atoms with Crippen molar-refractivity contribution in [1.82, 2.24) is 9.80 Å². The average molecular weight is 402 g/mol. The number of halogens is 1. The first-order chi connectivity index (χ1) is 12.3. The predicted octanol–water partition coefficient (Wildman–Crippen LogP) is 4.75. The molecule has 1 fully saturated rings. The summed E-state index contributed by atoms with van der Waals surface area (Å²) in [5, 5.41) is 0. The van der Waals surface area contributed by atoms with Crippen molar-refractivity contribution in [2.24, 2.45) is 4.99 Å². The van der Waals surface area contributed by atoms with Gasteiger partial charge in [-0.2, -0.15) is 0 Å².